The Morgan fingerprint density at radius 1 is 1.15 bits per heavy atom. The first-order valence-corrected chi connectivity index (χ1v) is 12.3. The van der Waals surface area contributed by atoms with Gasteiger partial charge in [0.1, 0.15) is 17.4 Å². The molecule has 0 aromatic heterocycles. The topological polar surface area (TPSA) is 72.8 Å². The Bertz CT molecular complexity index is 1150. The van der Waals surface area contributed by atoms with Gasteiger partial charge in [-0.3, -0.25) is 9.69 Å². The lowest BCUT2D eigenvalue weighted by Crippen LogP contribution is -2.69. The third kappa shape index (κ3) is 3.35. The zero-order chi connectivity index (χ0) is 23.7. The van der Waals surface area contributed by atoms with Crippen molar-refractivity contribution in [3.8, 4) is 5.75 Å². The highest BCUT2D eigenvalue weighted by Gasteiger charge is 2.68. The number of nitrogens with one attached hydrogen (secondary N) is 1. The van der Waals surface area contributed by atoms with E-state index in [-0.39, 0.29) is 29.8 Å². The van der Waals surface area contributed by atoms with E-state index in [0.29, 0.717) is 25.2 Å². The number of phenols is 1. The molecule has 4 aliphatic rings. The van der Waals surface area contributed by atoms with Crippen LogP contribution in [0.2, 0.25) is 0 Å². The number of rotatable bonds is 5. The SMILES string of the molecule is O=C(NCc1ccc(F)cc1F)[C@H]1C[C@]23CCN(CC4CC4)[C@H](Cc4ccc(O)cc42)[C@]3(O)C1. The third-order valence-corrected chi connectivity index (χ3v) is 8.85. The van der Waals surface area contributed by atoms with E-state index in [9.17, 15) is 23.8 Å². The highest BCUT2D eigenvalue weighted by molar-refractivity contribution is 5.80. The molecule has 3 fully saturated rings. The largest absolute Gasteiger partial charge is 0.508 e. The predicted octanol–water partition coefficient (Wildman–Crippen LogP) is 3.41. The summed E-state index contributed by atoms with van der Waals surface area (Å²) < 4.78 is 27.3. The second-order valence-corrected chi connectivity index (χ2v) is 10.8. The maximum Gasteiger partial charge on any atom is 0.223 e. The smallest absolute Gasteiger partial charge is 0.223 e. The summed E-state index contributed by atoms with van der Waals surface area (Å²) in [6.07, 6.45) is 4.75. The maximum absolute atomic E-state index is 14.1. The summed E-state index contributed by atoms with van der Waals surface area (Å²) in [4.78, 5) is 15.7. The molecule has 2 saturated carbocycles. The fourth-order valence-electron chi connectivity index (χ4n) is 7.01. The van der Waals surface area contributed by atoms with Gasteiger partial charge in [0.15, 0.2) is 0 Å². The van der Waals surface area contributed by atoms with E-state index >= 15 is 0 Å². The number of halogens is 2. The number of hydrogen-bond donors (Lipinski definition) is 3. The summed E-state index contributed by atoms with van der Waals surface area (Å²) in [6.45, 7) is 1.83. The molecule has 0 unspecified atom stereocenters. The normalized spacial score (nSPS) is 32.2. The van der Waals surface area contributed by atoms with Crippen LogP contribution in [0, 0.1) is 23.5 Å². The lowest BCUT2D eigenvalue weighted by molar-refractivity contribution is -0.134. The molecule has 3 aliphatic carbocycles. The van der Waals surface area contributed by atoms with Crippen LogP contribution in [0.5, 0.6) is 5.75 Å². The standard InChI is InChI=1S/C27H30F2N2O3/c28-20-5-3-18(23(29)10-20)14-30-25(33)19-12-26-7-8-31(15-16-1-2-16)24(27(26,34)13-19)9-17-4-6-21(32)11-22(17)26/h3-6,10-11,16,19,24,32,34H,1-2,7-9,12-15H2,(H,30,33)/t19-,24+,26+,27+/m0/s1. The Labute approximate surface area is 197 Å². The van der Waals surface area contributed by atoms with Crippen LogP contribution in [-0.4, -0.2) is 45.8 Å². The Morgan fingerprint density at radius 2 is 1.97 bits per heavy atom. The number of piperidine rings is 1. The molecule has 1 saturated heterocycles. The first-order valence-electron chi connectivity index (χ1n) is 12.3. The average molecular weight is 469 g/mol. The quantitative estimate of drug-likeness (QED) is 0.629. The second kappa shape index (κ2) is 7.75. The monoisotopic (exact) mass is 468 g/mol. The molecule has 2 aromatic rings. The number of carbonyl (C=O) groups excluding carboxylic acids is 1. The molecule has 2 bridgehead atoms. The predicted molar refractivity (Wildman–Crippen MR) is 122 cm³/mol. The number of likely N-dealkylation sites (tertiary alicyclic amines) is 1. The van der Waals surface area contributed by atoms with Gasteiger partial charge < -0.3 is 15.5 Å². The highest BCUT2D eigenvalue weighted by atomic mass is 19.1. The van der Waals surface area contributed by atoms with Crippen molar-refractivity contribution in [1.29, 1.82) is 0 Å². The van der Waals surface area contributed by atoms with Gasteiger partial charge in [-0.1, -0.05) is 12.1 Å². The third-order valence-electron chi connectivity index (χ3n) is 8.85. The van der Waals surface area contributed by atoms with Gasteiger partial charge in [0, 0.05) is 42.1 Å². The molecular weight excluding hydrogens is 438 g/mol. The van der Waals surface area contributed by atoms with Crippen molar-refractivity contribution in [1.82, 2.24) is 10.2 Å². The molecular formula is C27H30F2N2O3. The number of phenolic OH excluding ortho intramolecular Hbond substituents is 1. The molecule has 0 radical (unpaired) electrons. The zero-order valence-corrected chi connectivity index (χ0v) is 19.1. The molecule has 34 heavy (non-hydrogen) atoms. The van der Waals surface area contributed by atoms with Crippen LogP contribution in [0.1, 0.15) is 48.8 Å². The lowest BCUT2D eigenvalue weighted by Gasteiger charge is -2.59. The van der Waals surface area contributed by atoms with Gasteiger partial charge in [0.2, 0.25) is 5.91 Å². The Hall–Kier alpha value is -2.51. The van der Waals surface area contributed by atoms with Gasteiger partial charge in [-0.25, -0.2) is 8.78 Å². The number of nitrogens with zero attached hydrogens (tertiary/aromatic N) is 1. The van der Waals surface area contributed by atoms with Gasteiger partial charge in [-0.2, -0.15) is 0 Å². The summed E-state index contributed by atoms with van der Waals surface area (Å²) in [7, 11) is 0. The molecule has 1 amide bonds. The van der Waals surface area contributed by atoms with Crippen molar-refractivity contribution in [2.45, 2.75) is 62.1 Å². The molecule has 3 N–H and O–H groups in total. The molecule has 7 heteroatoms. The van der Waals surface area contributed by atoms with Crippen molar-refractivity contribution in [2.75, 3.05) is 13.1 Å². The number of carbonyl (C=O) groups is 1. The number of aromatic hydroxyl groups is 1. The van der Waals surface area contributed by atoms with Crippen LogP contribution in [0.3, 0.4) is 0 Å². The van der Waals surface area contributed by atoms with Crippen molar-refractivity contribution in [3.05, 3.63) is 64.7 Å². The Balaban J connectivity index is 1.29. The van der Waals surface area contributed by atoms with Crippen LogP contribution in [0.15, 0.2) is 36.4 Å². The summed E-state index contributed by atoms with van der Waals surface area (Å²) in [5.74, 6) is -1.11. The number of fused-ring (bicyclic) bond motifs is 1. The van der Waals surface area contributed by atoms with Gasteiger partial charge in [-0.05, 0) is 80.3 Å². The van der Waals surface area contributed by atoms with E-state index in [0.717, 1.165) is 36.7 Å². The minimum absolute atomic E-state index is 0.0263. The van der Waals surface area contributed by atoms with Gasteiger partial charge >= 0.3 is 0 Å². The number of hydrogen-bond acceptors (Lipinski definition) is 4. The van der Waals surface area contributed by atoms with E-state index in [1.54, 1.807) is 12.1 Å². The first-order chi connectivity index (χ1) is 16.3. The van der Waals surface area contributed by atoms with Crippen molar-refractivity contribution in [2.24, 2.45) is 11.8 Å². The van der Waals surface area contributed by atoms with Gasteiger partial charge in [-0.15, -0.1) is 0 Å². The summed E-state index contributed by atoms with van der Waals surface area (Å²) in [5, 5.41) is 25.4. The molecule has 1 aliphatic heterocycles. The van der Waals surface area contributed by atoms with Crippen LogP contribution in [-0.2, 0) is 23.2 Å². The van der Waals surface area contributed by atoms with Crippen LogP contribution >= 0.6 is 0 Å². The van der Waals surface area contributed by atoms with Crippen molar-refractivity contribution in [3.63, 3.8) is 0 Å². The second-order valence-electron chi connectivity index (χ2n) is 10.8. The number of benzene rings is 2. The number of aliphatic hydroxyl groups is 1. The molecule has 1 heterocycles. The minimum Gasteiger partial charge on any atom is -0.508 e. The average Bonchev–Trinajstić information content (AvgIpc) is 3.54. The Kier molecular flexibility index (Phi) is 5.01. The maximum atomic E-state index is 14.1. The van der Waals surface area contributed by atoms with Gasteiger partial charge in [0.05, 0.1) is 5.60 Å². The van der Waals surface area contributed by atoms with Crippen LogP contribution < -0.4 is 5.32 Å². The van der Waals surface area contributed by atoms with E-state index in [2.05, 4.69) is 10.2 Å². The molecule has 6 rings (SSSR count). The summed E-state index contributed by atoms with van der Waals surface area (Å²) >= 11 is 0. The summed E-state index contributed by atoms with van der Waals surface area (Å²) in [5.41, 5.74) is 0.684. The molecule has 0 spiro atoms. The van der Waals surface area contributed by atoms with Crippen LogP contribution in [0.25, 0.3) is 0 Å². The van der Waals surface area contributed by atoms with E-state index in [4.69, 9.17) is 0 Å². The molecule has 5 nitrogen and oxygen atoms in total. The minimum atomic E-state index is -1.07. The zero-order valence-electron chi connectivity index (χ0n) is 19.1. The van der Waals surface area contributed by atoms with E-state index < -0.39 is 28.6 Å². The number of amides is 1. The fourth-order valence-corrected chi connectivity index (χ4v) is 7.01. The van der Waals surface area contributed by atoms with E-state index in [1.807, 2.05) is 6.07 Å². The van der Waals surface area contributed by atoms with Crippen molar-refractivity contribution < 1.29 is 23.8 Å². The van der Waals surface area contributed by atoms with E-state index in [1.165, 1.54) is 25.0 Å². The molecule has 2 aromatic carbocycles. The van der Waals surface area contributed by atoms with Crippen molar-refractivity contribution >= 4 is 5.91 Å². The first kappa shape index (κ1) is 22.0. The fraction of sp³-hybridized carbons (Fsp3) is 0.519. The highest BCUT2D eigenvalue weighted by Crippen LogP contribution is 2.62. The van der Waals surface area contributed by atoms with Crippen LogP contribution in [0.4, 0.5) is 8.78 Å². The molecule has 180 valence electrons. The molecule has 4 atom stereocenters. The van der Waals surface area contributed by atoms with Gasteiger partial charge in [0.25, 0.3) is 0 Å². The Morgan fingerprint density at radius 3 is 2.74 bits per heavy atom. The summed E-state index contributed by atoms with van der Waals surface area (Å²) in [6, 6.07) is 8.72. The lowest BCUT2D eigenvalue weighted by atomic mass is 9.56.